The van der Waals surface area contributed by atoms with Crippen LogP contribution in [0, 0.1) is 6.92 Å². The van der Waals surface area contributed by atoms with Gasteiger partial charge in [0, 0.05) is 11.3 Å². The van der Waals surface area contributed by atoms with E-state index in [1.165, 1.54) is 0 Å². The largest absolute Gasteiger partial charge is 0.457 e. The van der Waals surface area contributed by atoms with Crippen LogP contribution in [-0.4, -0.2) is 11.9 Å². The number of primary amides is 1. The Morgan fingerprint density at radius 1 is 1.05 bits per heavy atom. The topological polar surface area (TPSA) is 95.4 Å². The van der Waals surface area contributed by atoms with E-state index < -0.39 is 11.9 Å². The molecule has 1 amide bonds. The summed E-state index contributed by atoms with van der Waals surface area (Å²) in [5.74, 6) is -0.909. The molecule has 0 saturated carbocycles. The molecule has 0 unspecified atom stereocenters. The minimum absolute atomic E-state index is 0.126. The molecule has 5 nitrogen and oxygen atoms in total. The summed E-state index contributed by atoms with van der Waals surface area (Å²) in [6, 6.07) is 11.6. The number of anilines is 1. The highest BCUT2D eigenvalue weighted by molar-refractivity contribution is 5.92. The number of carbonyl (C=O) groups is 2. The highest BCUT2D eigenvalue weighted by atomic mass is 16.5. The first-order chi connectivity index (χ1) is 9.97. The lowest BCUT2D eigenvalue weighted by atomic mass is 10.1. The van der Waals surface area contributed by atoms with Crippen molar-refractivity contribution in [3.8, 4) is 0 Å². The molecule has 2 aromatic rings. The minimum Gasteiger partial charge on any atom is -0.457 e. The molecule has 0 saturated heterocycles. The molecule has 0 bridgehead atoms. The van der Waals surface area contributed by atoms with Crippen LogP contribution in [0.4, 0.5) is 5.69 Å². The highest BCUT2D eigenvalue weighted by Crippen LogP contribution is 2.14. The van der Waals surface area contributed by atoms with Crippen LogP contribution in [0.15, 0.2) is 42.5 Å². The molecule has 0 aromatic heterocycles. The van der Waals surface area contributed by atoms with Crippen LogP contribution in [-0.2, 0) is 11.3 Å². The number of amides is 1. The number of ether oxygens (including phenoxy) is 1. The molecule has 5 heteroatoms. The predicted octanol–water partition coefficient (Wildman–Crippen LogP) is 2.03. The SMILES string of the molecule is Cc1cc(C(=O)OCc2ccc(C(N)=O)cc2)ccc1N. The van der Waals surface area contributed by atoms with E-state index in [4.69, 9.17) is 16.2 Å². The van der Waals surface area contributed by atoms with Gasteiger partial charge in [0.05, 0.1) is 5.56 Å². The van der Waals surface area contributed by atoms with E-state index in [1.807, 2.05) is 6.92 Å². The standard InChI is InChI=1S/C16H16N2O3/c1-10-8-13(6-7-14(10)17)16(20)21-9-11-2-4-12(5-3-11)15(18)19/h2-8H,9,17H2,1H3,(H2,18,19). The maximum Gasteiger partial charge on any atom is 0.338 e. The van der Waals surface area contributed by atoms with Crippen LogP contribution >= 0.6 is 0 Å². The number of hydrogen-bond acceptors (Lipinski definition) is 4. The fourth-order valence-corrected chi connectivity index (χ4v) is 1.80. The molecule has 108 valence electrons. The van der Waals surface area contributed by atoms with E-state index in [2.05, 4.69) is 0 Å². The average Bonchev–Trinajstić information content (AvgIpc) is 2.48. The lowest BCUT2D eigenvalue weighted by molar-refractivity contribution is 0.0472. The lowest BCUT2D eigenvalue weighted by Crippen LogP contribution is -2.11. The van der Waals surface area contributed by atoms with Crippen molar-refractivity contribution in [3.63, 3.8) is 0 Å². The van der Waals surface area contributed by atoms with Crippen molar-refractivity contribution in [2.45, 2.75) is 13.5 Å². The van der Waals surface area contributed by atoms with Crippen molar-refractivity contribution in [3.05, 3.63) is 64.7 Å². The maximum atomic E-state index is 11.9. The summed E-state index contributed by atoms with van der Waals surface area (Å²) >= 11 is 0. The van der Waals surface area contributed by atoms with Gasteiger partial charge in [0.15, 0.2) is 0 Å². The molecule has 4 N–H and O–H groups in total. The monoisotopic (exact) mass is 284 g/mol. The summed E-state index contributed by atoms with van der Waals surface area (Å²) in [6.45, 7) is 1.95. The van der Waals surface area contributed by atoms with Gasteiger partial charge in [-0.1, -0.05) is 12.1 Å². The normalized spacial score (nSPS) is 10.1. The Labute approximate surface area is 122 Å². The molecule has 0 aliphatic carbocycles. The lowest BCUT2D eigenvalue weighted by Gasteiger charge is -2.07. The Morgan fingerprint density at radius 3 is 2.24 bits per heavy atom. The van der Waals surface area contributed by atoms with Gasteiger partial charge in [-0.25, -0.2) is 4.79 Å². The van der Waals surface area contributed by atoms with Crippen molar-refractivity contribution in [1.82, 2.24) is 0 Å². The second-order valence-corrected chi connectivity index (χ2v) is 4.71. The number of hydrogen-bond donors (Lipinski definition) is 2. The van der Waals surface area contributed by atoms with Gasteiger partial charge in [0.25, 0.3) is 0 Å². The smallest absolute Gasteiger partial charge is 0.338 e. The number of rotatable bonds is 4. The number of aryl methyl sites for hydroxylation is 1. The molecule has 0 radical (unpaired) electrons. The second kappa shape index (κ2) is 6.09. The molecule has 0 spiro atoms. The first-order valence-corrected chi connectivity index (χ1v) is 6.39. The third-order valence-corrected chi connectivity index (χ3v) is 3.11. The molecule has 0 heterocycles. The van der Waals surface area contributed by atoms with E-state index in [0.29, 0.717) is 16.8 Å². The molecule has 0 aliphatic heterocycles. The van der Waals surface area contributed by atoms with E-state index in [9.17, 15) is 9.59 Å². The summed E-state index contributed by atoms with van der Waals surface area (Å²) in [6.07, 6.45) is 0. The van der Waals surface area contributed by atoms with Crippen LogP contribution < -0.4 is 11.5 Å². The molecular weight excluding hydrogens is 268 g/mol. The van der Waals surface area contributed by atoms with Crippen molar-refractivity contribution >= 4 is 17.6 Å². The van der Waals surface area contributed by atoms with E-state index >= 15 is 0 Å². The summed E-state index contributed by atoms with van der Waals surface area (Å²) in [7, 11) is 0. The van der Waals surface area contributed by atoms with Gasteiger partial charge < -0.3 is 16.2 Å². The van der Waals surface area contributed by atoms with Gasteiger partial charge >= 0.3 is 5.97 Å². The molecule has 2 rings (SSSR count). The Balaban J connectivity index is 2.00. The average molecular weight is 284 g/mol. The van der Waals surface area contributed by atoms with Crippen LogP contribution in [0.5, 0.6) is 0 Å². The third-order valence-electron chi connectivity index (χ3n) is 3.11. The highest BCUT2D eigenvalue weighted by Gasteiger charge is 2.09. The van der Waals surface area contributed by atoms with Gasteiger partial charge in [-0.15, -0.1) is 0 Å². The van der Waals surface area contributed by atoms with Crippen LogP contribution in [0.25, 0.3) is 0 Å². The Hall–Kier alpha value is -2.82. The first-order valence-electron chi connectivity index (χ1n) is 6.39. The van der Waals surface area contributed by atoms with E-state index in [1.54, 1.807) is 42.5 Å². The third kappa shape index (κ3) is 3.60. The Morgan fingerprint density at radius 2 is 1.67 bits per heavy atom. The molecule has 21 heavy (non-hydrogen) atoms. The van der Waals surface area contributed by atoms with Gasteiger partial charge in [-0.3, -0.25) is 4.79 Å². The van der Waals surface area contributed by atoms with Crippen molar-refractivity contribution in [2.75, 3.05) is 5.73 Å². The Kier molecular flexibility index (Phi) is 4.23. The van der Waals surface area contributed by atoms with Gasteiger partial charge in [-0.2, -0.15) is 0 Å². The number of nitrogens with two attached hydrogens (primary N) is 2. The predicted molar refractivity (Wildman–Crippen MR) is 79.7 cm³/mol. The summed E-state index contributed by atoms with van der Waals surface area (Å²) in [5.41, 5.74) is 14.0. The first kappa shape index (κ1) is 14.6. The molecular formula is C16H16N2O3. The van der Waals surface area contributed by atoms with Gasteiger partial charge in [-0.05, 0) is 48.4 Å². The maximum absolute atomic E-state index is 11.9. The van der Waals surface area contributed by atoms with E-state index in [0.717, 1.165) is 11.1 Å². The Bertz CT molecular complexity index is 678. The number of nitrogen functional groups attached to an aromatic ring is 1. The quantitative estimate of drug-likeness (QED) is 0.663. The van der Waals surface area contributed by atoms with Gasteiger partial charge in [0.1, 0.15) is 6.61 Å². The fraction of sp³-hybridized carbons (Fsp3) is 0.125. The number of carbonyl (C=O) groups excluding carboxylic acids is 2. The minimum atomic E-state index is -0.490. The van der Waals surface area contributed by atoms with Gasteiger partial charge in [0.2, 0.25) is 5.91 Å². The second-order valence-electron chi connectivity index (χ2n) is 4.71. The zero-order valence-electron chi connectivity index (χ0n) is 11.6. The zero-order valence-corrected chi connectivity index (χ0v) is 11.6. The van der Waals surface area contributed by atoms with Crippen molar-refractivity contribution < 1.29 is 14.3 Å². The summed E-state index contributed by atoms with van der Waals surface area (Å²) in [5, 5.41) is 0. The fourth-order valence-electron chi connectivity index (χ4n) is 1.80. The number of esters is 1. The summed E-state index contributed by atoms with van der Waals surface area (Å²) < 4.78 is 5.21. The number of benzene rings is 2. The van der Waals surface area contributed by atoms with E-state index in [-0.39, 0.29) is 6.61 Å². The molecule has 0 atom stereocenters. The molecule has 0 fully saturated rings. The molecule has 2 aromatic carbocycles. The summed E-state index contributed by atoms with van der Waals surface area (Å²) in [4.78, 5) is 22.9. The molecule has 0 aliphatic rings. The van der Waals surface area contributed by atoms with Crippen LogP contribution in [0.3, 0.4) is 0 Å². The zero-order chi connectivity index (χ0) is 15.4. The van der Waals surface area contributed by atoms with Crippen LogP contribution in [0.2, 0.25) is 0 Å². The van der Waals surface area contributed by atoms with Crippen molar-refractivity contribution in [1.29, 1.82) is 0 Å². The van der Waals surface area contributed by atoms with Crippen LogP contribution in [0.1, 0.15) is 31.8 Å². The van der Waals surface area contributed by atoms with Crippen molar-refractivity contribution in [2.24, 2.45) is 5.73 Å².